The number of rotatable bonds is 65. The number of aliphatic hydroxyl groups excluding tert-OH is 1. The van der Waals surface area contributed by atoms with Crippen molar-refractivity contribution in [2.75, 3.05) is 40.9 Å². The molecular weight excluding hydrogens is 1030 g/mol. The Labute approximate surface area is 510 Å². The summed E-state index contributed by atoms with van der Waals surface area (Å²) in [5.41, 5.74) is 0. The minimum Gasteiger partial charge on any atom is -0.756 e. The Morgan fingerprint density at radius 2 is 0.744 bits per heavy atom. The second-order valence-electron chi connectivity index (χ2n) is 25.2. The molecule has 0 aliphatic rings. The predicted octanol–water partition coefficient (Wildman–Crippen LogP) is 21.9. The van der Waals surface area contributed by atoms with Gasteiger partial charge in [0.25, 0.3) is 7.82 Å². The summed E-state index contributed by atoms with van der Waals surface area (Å²) in [6, 6.07) is -0.809. The number of hydrogen-bond acceptors (Lipinski definition) is 6. The van der Waals surface area contributed by atoms with Crippen molar-refractivity contribution in [1.82, 2.24) is 5.32 Å². The van der Waals surface area contributed by atoms with Gasteiger partial charge in [0.2, 0.25) is 5.91 Å². The number of likely N-dealkylation sites (N-methyl/N-ethyl adjacent to an activating group) is 1. The Bertz CT molecular complexity index is 1570. The molecule has 3 atom stereocenters. The second-order valence-corrected chi connectivity index (χ2v) is 26.6. The Morgan fingerprint density at radius 3 is 1.09 bits per heavy atom. The van der Waals surface area contributed by atoms with E-state index in [1.807, 2.05) is 21.1 Å². The van der Waals surface area contributed by atoms with Crippen LogP contribution in [0.25, 0.3) is 0 Å². The maximum absolute atomic E-state index is 13.1. The van der Waals surface area contributed by atoms with E-state index in [-0.39, 0.29) is 19.1 Å². The number of phosphoric ester groups is 1. The Hall–Kier alpha value is -2.06. The lowest BCUT2D eigenvalue weighted by Crippen LogP contribution is -2.46. The van der Waals surface area contributed by atoms with Gasteiger partial charge in [0.1, 0.15) is 13.2 Å². The van der Waals surface area contributed by atoms with Crippen LogP contribution in [0.15, 0.2) is 72.9 Å². The number of carbonyl (C=O) groups excluding carboxylic acids is 1. The van der Waals surface area contributed by atoms with Crippen LogP contribution in [0.3, 0.4) is 0 Å². The number of aliphatic hydroxyl groups is 1. The second kappa shape index (κ2) is 63.4. The molecule has 0 spiro atoms. The lowest BCUT2D eigenvalue weighted by Gasteiger charge is -2.30. The topological polar surface area (TPSA) is 108 Å². The Balaban J connectivity index is 4.05. The van der Waals surface area contributed by atoms with Crippen molar-refractivity contribution in [3.63, 3.8) is 0 Å². The molecule has 0 aromatic rings. The molecule has 480 valence electrons. The van der Waals surface area contributed by atoms with Crippen LogP contribution in [0.4, 0.5) is 0 Å². The molecule has 82 heavy (non-hydrogen) atoms. The van der Waals surface area contributed by atoms with Gasteiger partial charge in [-0.2, -0.15) is 0 Å². The van der Waals surface area contributed by atoms with Crippen molar-refractivity contribution in [3.8, 4) is 0 Å². The lowest BCUT2D eigenvalue weighted by atomic mass is 10.0. The minimum atomic E-state index is -4.59. The SMILES string of the molecule is CC/C=C\C/C=C\C/C=C\C/C=C\C/C=C\C/C=C\CCCCCCCCCCCCC(=O)NC(COP(=O)([O-])OCC[N+](C)(C)C)C(O)CCCCCCCCCCCCCCCCCCCCCCCCCCCCCCCCC. The van der Waals surface area contributed by atoms with Crippen molar-refractivity contribution < 1.29 is 32.9 Å². The number of unbranched alkanes of at least 4 members (excludes halogenated alkanes) is 40. The quantitative estimate of drug-likeness (QED) is 0.0272. The number of phosphoric acid groups is 1. The molecule has 0 aromatic carbocycles. The van der Waals surface area contributed by atoms with Crippen molar-refractivity contribution in [2.45, 2.75) is 347 Å². The molecule has 2 N–H and O–H groups in total. The molecule has 0 saturated carbocycles. The average Bonchev–Trinajstić information content (AvgIpc) is 3.47. The number of nitrogens with one attached hydrogen (secondary N) is 1. The van der Waals surface area contributed by atoms with E-state index < -0.39 is 20.0 Å². The maximum Gasteiger partial charge on any atom is 0.268 e. The zero-order valence-corrected chi connectivity index (χ0v) is 55.8. The largest absolute Gasteiger partial charge is 0.756 e. The lowest BCUT2D eigenvalue weighted by molar-refractivity contribution is -0.870. The van der Waals surface area contributed by atoms with Gasteiger partial charge >= 0.3 is 0 Å². The average molecular weight is 1170 g/mol. The number of hydrogen-bond donors (Lipinski definition) is 2. The van der Waals surface area contributed by atoms with E-state index in [0.717, 1.165) is 83.5 Å². The summed E-state index contributed by atoms with van der Waals surface area (Å²) in [5.74, 6) is -0.167. The van der Waals surface area contributed by atoms with Crippen LogP contribution < -0.4 is 10.2 Å². The van der Waals surface area contributed by atoms with Crippen LogP contribution in [0.2, 0.25) is 0 Å². The van der Waals surface area contributed by atoms with E-state index in [9.17, 15) is 19.4 Å². The van der Waals surface area contributed by atoms with E-state index in [4.69, 9.17) is 9.05 Å². The summed E-state index contributed by atoms with van der Waals surface area (Å²) in [6.45, 7) is 4.64. The summed E-state index contributed by atoms with van der Waals surface area (Å²) < 4.78 is 23.5. The van der Waals surface area contributed by atoms with Crippen LogP contribution >= 0.6 is 7.82 Å². The smallest absolute Gasteiger partial charge is 0.268 e. The summed E-state index contributed by atoms with van der Waals surface area (Å²) in [6.07, 6.45) is 88.3. The Kier molecular flexibility index (Phi) is 61.8. The summed E-state index contributed by atoms with van der Waals surface area (Å²) >= 11 is 0. The van der Waals surface area contributed by atoms with E-state index in [0.29, 0.717) is 23.9 Å². The summed E-state index contributed by atoms with van der Waals surface area (Å²) in [5, 5.41) is 14.1. The highest BCUT2D eigenvalue weighted by molar-refractivity contribution is 7.45. The zero-order chi connectivity index (χ0) is 59.8. The first kappa shape index (κ1) is 79.9. The zero-order valence-electron chi connectivity index (χ0n) is 54.9. The van der Waals surface area contributed by atoms with Crippen LogP contribution in [0.5, 0.6) is 0 Å². The standard InChI is InChI=1S/C73H137N2O6P/c1-6-8-10-12-14-16-18-20-22-24-26-28-30-32-34-36-37-39-40-42-44-46-48-50-52-54-56-58-60-62-64-66-72(76)71(70-81-82(78,79)80-69-68-75(3,4)5)74-73(77)67-65-63-61-59-57-55-53-51-49-47-45-43-41-38-35-33-31-29-27-25-23-21-19-17-15-13-11-9-7-2/h9,11,15,17,21,23,27,29,33,35,41,43,71-72,76H,6-8,10,12-14,16,18-20,22,24-26,28,30-32,34,36-40,42,44-70H2,1-5H3,(H-,74,77,78,79)/b11-9-,17-15-,23-21-,29-27-,35-33-,43-41-. The van der Waals surface area contributed by atoms with E-state index in [1.165, 1.54) is 225 Å². The number of amides is 1. The summed E-state index contributed by atoms with van der Waals surface area (Å²) in [7, 11) is 1.31. The first-order valence-corrected chi connectivity index (χ1v) is 36.7. The van der Waals surface area contributed by atoms with Crippen molar-refractivity contribution in [2.24, 2.45) is 0 Å². The van der Waals surface area contributed by atoms with Gasteiger partial charge < -0.3 is 28.8 Å². The van der Waals surface area contributed by atoms with E-state index >= 15 is 0 Å². The molecule has 0 radical (unpaired) electrons. The van der Waals surface area contributed by atoms with Gasteiger partial charge in [-0.1, -0.05) is 337 Å². The molecule has 0 aliphatic carbocycles. The molecular formula is C73H137N2O6P. The maximum atomic E-state index is 13.1. The van der Waals surface area contributed by atoms with E-state index in [2.05, 4.69) is 92.1 Å². The van der Waals surface area contributed by atoms with Crippen LogP contribution in [0.1, 0.15) is 335 Å². The third-order valence-corrected chi connectivity index (χ3v) is 16.9. The summed E-state index contributed by atoms with van der Waals surface area (Å²) in [4.78, 5) is 25.7. The van der Waals surface area contributed by atoms with Crippen LogP contribution in [0, 0.1) is 0 Å². The van der Waals surface area contributed by atoms with Crippen molar-refractivity contribution >= 4 is 13.7 Å². The highest BCUT2D eigenvalue weighted by Crippen LogP contribution is 2.38. The third-order valence-electron chi connectivity index (χ3n) is 16.0. The minimum absolute atomic E-state index is 0.00920. The molecule has 3 unspecified atom stereocenters. The van der Waals surface area contributed by atoms with Gasteiger partial charge in [0.05, 0.1) is 39.9 Å². The molecule has 0 saturated heterocycles. The molecule has 0 aliphatic heterocycles. The molecule has 9 heteroatoms. The molecule has 0 aromatic heterocycles. The predicted molar refractivity (Wildman–Crippen MR) is 357 cm³/mol. The molecule has 8 nitrogen and oxygen atoms in total. The molecule has 0 heterocycles. The van der Waals surface area contributed by atoms with Gasteiger partial charge in [-0.25, -0.2) is 0 Å². The third kappa shape index (κ3) is 65.5. The number of carbonyl (C=O) groups is 1. The highest BCUT2D eigenvalue weighted by Gasteiger charge is 2.24. The number of nitrogens with zero attached hydrogens (tertiary/aromatic N) is 1. The molecule has 0 rings (SSSR count). The fraction of sp³-hybridized carbons (Fsp3) is 0.822. The van der Waals surface area contributed by atoms with E-state index in [1.54, 1.807) is 0 Å². The highest BCUT2D eigenvalue weighted by atomic mass is 31.2. The normalized spacial score (nSPS) is 14.1. The van der Waals surface area contributed by atoms with Crippen LogP contribution in [-0.2, 0) is 18.4 Å². The van der Waals surface area contributed by atoms with Gasteiger partial charge in [-0.05, 0) is 64.2 Å². The van der Waals surface area contributed by atoms with Gasteiger partial charge in [-0.15, -0.1) is 0 Å². The molecule has 0 bridgehead atoms. The molecule has 0 fully saturated rings. The first-order valence-electron chi connectivity index (χ1n) is 35.3. The molecule has 1 amide bonds. The van der Waals surface area contributed by atoms with Gasteiger partial charge in [-0.3, -0.25) is 9.36 Å². The van der Waals surface area contributed by atoms with Crippen molar-refractivity contribution in [3.05, 3.63) is 72.9 Å². The van der Waals surface area contributed by atoms with Crippen molar-refractivity contribution in [1.29, 1.82) is 0 Å². The van der Waals surface area contributed by atoms with Gasteiger partial charge in [0.15, 0.2) is 0 Å². The number of allylic oxidation sites excluding steroid dienone is 12. The van der Waals surface area contributed by atoms with Gasteiger partial charge in [0, 0.05) is 6.42 Å². The fourth-order valence-corrected chi connectivity index (χ4v) is 11.2. The fourth-order valence-electron chi connectivity index (χ4n) is 10.5. The Morgan fingerprint density at radius 1 is 0.439 bits per heavy atom. The van der Waals surface area contributed by atoms with Crippen LogP contribution in [-0.4, -0.2) is 68.5 Å². The first-order chi connectivity index (χ1) is 40.0. The number of quaternary nitrogens is 1. The monoisotopic (exact) mass is 1170 g/mol.